The van der Waals surface area contributed by atoms with Crippen LogP contribution in [0.25, 0.3) is 0 Å². The maximum Gasteiger partial charge on any atom is 0.353 e. The van der Waals surface area contributed by atoms with Crippen LogP contribution in [0.1, 0.15) is 38.9 Å². The van der Waals surface area contributed by atoms with Crippen molar-refractivity contribution in [2.75, 3.05) is 18.6 Å². The van der Waals surface area contributed by atoms with E-state index in [9.17, 15) is 29.4 Å². The van der Waals surface area contributed by atoms with E-state index in [1.807, 2.05) is 16.8 Å². The molecule has 5 heterocycles. The summed E-state index contributed by atoms with van der Waals surface area (Å²) in [7, 11) is 1.23. The van der Waals surface area contributed by atoms with E-state index in [1.165, 1.54) is 24.4 Å². The number of nitrogens with one attached hydrogen (secondary N) is 1. The number of oxime groups is 1. The van der Waals surface area contributed by atoms with Gasteiger partial charge in [0.05, 0.1) is 0 Å². The van der Waals surface area contributed by atoms with E-state index in [2.05, 4.69) is 30.9 Å². The van der Waals surface area contributed by atoms with Crippen molar-refractivity contribution in [2.45, 2.75) is 41.6 Å². The summed E-state index contributed by atoms with van der Waals surface area (Å²) in [4.78, 5) is 65.4. The Bertz CT molecular complexity index is 1770. The number of carbonyl (C=O) groups excluding carboxylic acids is 2. The van der Waals surface area contributed by atoms with Crippen LogP contribution in [0.5, 0.6) is 0 Å². The highest BCUT2D eigenvalue weighted by Gasteiger charge is 2.54. The average molecular weight is 676 g/mol. The number of β-lactam (4-membered cyclic amide) rings is 1. The predicted octanol–water partition coefficient (Wildman–Crippen LogP) is 0.938. The van der Waals surface area contributed by atoms with Gasteiger partial charge < -0.3 is 26.1 Å². The van der Waals surface area contributed by atoms with E-state index in [1.54, 1.807) is 0 Å². The number of pyridine rings is 1. The van der Waals surface area contributed by atoms with Crippen molar-refractivity contribution in [1.29, 1.82) is 0 Å². The fraction of sp³-hybridized carbons (Fsp3) is 0.320. The highest BCUT2D eigenvalue weighted by Crippen LogP contribution is 2.46. The number of thioether (sulfide) groups is 2. The first-order valence-corrected chi connectivity index (χ1v) is 16.5. The summed E-state index contributed by atoms with van der Waals surface area (Å²) in [5.74, 6) is -3.75. The molecule has 3 aromatic rings. The second-order valence-corrected chi connectivity index (χ2v) is 13.9. The molecule has 15 nitrogen and oxygen atoms in total. The quantitative estimate of drug-likeness (QED) is 0.102. The Balaban J connectivity index is 1.22. The summed E-state index contributed by atoms with van der Waals surface area (Å²) in [6.45, 7) is 0.271. The Hall–Kier alpha value is -4.07. The van der Waals surface area contributed by atoms with Crippen LogP contribution in [0, 0.1) is 0 Å². The Morgan fingerprint density at radius 3 is 2.80 bits per heavy atom. The van der Waals surface area contributed by atoms with Crippen molar-refractivity contribution < 1.29 is 38.8 Å². The molecule has 0 aromatic carbocycles. The molecule has 2 aliphatic heterocycles. The zero-order chi connectivity index (χ0) is 31.1. The predicted molar refractivity (Wildman–Crippen MR) is 160 cm³/mol. The first kappa shape index (κ1) is 30.0. The van der Waals surface area contributed by atoms with Crippen LogP contribution in [0.4, 0.5) is 5.13 Å². The highest BCUT2D eigenvalue weighted by atomic mass is 32.2. The Labute approximate surface area is 265 Å². The molecule has 6 rings (SSSR count). The standard InChI is InChI=1S/C25H22N8O7S4/c1-40-30-14(18-29-24(26)44-31-18)19(34)28-15-20(35)33-16(22(36)37)13(9-41-21(15)33)42-25-27-11(17(43-25)23(38)39)8-32-7-3-5-10-4-2-6-12(10)32/h3,5,7,15,21H,2,4,6,8-9H2,1H3,(H4-,26,28,29,31,34,36,37,38,39)/p+1/b30-14+/t15-,21?/m1/s1. The van der Waals surface area contributed by atoms with Crippen LogP contribution in [0.3, 0.4) is 0 Å². The molecular weight excluding hydrogens is 653 g/mol. The van der Waals surface area contributed by atoms with Crippen LogP contribution in [0.15, 0.2) is 38.4 Å². The van der Waals surface area contributed by atoms with E-state index in [0.29, 0.717) is 14.9 Å². The number of aromatic nitrogens is 4. The van der Waals surface area contributed by atoms with Gasteiger partial charge in [0.15, 0.2) is 27.9 Å². The summed E-state index contributed by atoms with van der Waals surface area (Å²) in [5, 5.41) is 25.6. The third kappa shape index (κ3) is 5.51. The molecule has 1 aliphatic carbocycles. The number of nitrogens with two attached hydrogens (primary N) is 1. The minimum absolute atomic E-state index is 0.0714. The molecule has 1 unspecified atom stereocenters. The minimum Gasteiger partial charge on any atom is -0.477 e. The molecule has 228 valence electrons. The van der Waals surface area contributed by atoms with Crippen molar-refractivity contribution in [2.24, 2.45) is 5.16 Å². The molecule has 5 N–H and O–H groups in total. The first-order chi connectivity index (χ1) is 21.2. The number of hydrogen-bond donors (Lipinski definition) is 4. The average Bonchev–Trinajstić information content (AvgIpc) is 3.74. The van der Waals surface area contributed by atoms with E-state index in [0.717, 1.165) is 64.5 Å². The van der Waals surface area contributed by atoms with Crippen LogP contribution < -0.4 is 15.6 Å². The summed E-state index contributed by atoms with van der Waals surface area (Å²) in [6.07, 6.45) is 4.82. The van der Waals surface area contributed by atoms with Crippen LogP contribution in [-0.2, 0) is 38.6 Å². The molecule has 2 atom stereocenters. The number of aryl methyl sites for hydroxylation is 1. The lowest BCUT2D eigenvalue weighted by molar-refractivity contribution is -0.695. The summed E-state index contributed by atoms with van der Waals surface area (Å²) < 4.78 is 6.32. The summed E-state index contributed by atoms with van der Waals surface area (Å²) in [6, 6.07) is 2.96. The van der Waals surface area contributed by atoms with Gasteiger partial charge >= 0.3 is 11.9 Å². The number of carboxylic acids is 2. The number of anilines is 1. The van der Waals surface area contributed by atoms with Gasteiger partial charge in [0.1, 0.15) is 34.8 Å². The molecule has 0 radical (unpaired) electrons. The van der Waals surface area contributed by atoms with Gasteiger partial charge in [-0.3, -0.25) is 14.5 Å². The van der Waals surface area contributed by atoms with Gasteiger partial charge in [-0.15, -0.1) is 11.8 Å². The lowest BCUT2D eigenvalue weighted by atomic mass is 10.0. The Morgan fingerprint density at radius 2 is 2.09 bits per heavy atom. The van der Waals surface area contributed by atoms with Gasteiger partial charge in [0.25, 0.3) is 11.8 Å². The molecule has 2 amide bonds. The Morgan fingerprint density at radius 1 is 1.27 bits per heavy atom. The zero-order valence-electron chi connectivity index (χ0n) is 22.8. The van der Waals surface area contributed by atoms with Crippen LogP contribution >= 0.6 is 46.4 Å². The number of thiazole rings is 1. The molecule has 19 heteroatoms. The van der Waals surface area contributed by atoms with Crippen LogP contribution in [0.2, 0.25) is 0 Å². The number of rotatable bonds is 10. The van der Waals surface area contributed by atoms with Gasteiger partial charge in [-0.05, 0) is 18.9 Å². The number of aromatic carboxylic acids is 1. The molecule has 0 bridgehead atoms. The zero-order valence-corrected chi connectivity index (χ0v) is 26.0. The van der Waals surface area contributed by atoms with Crippen molar-refractivity contribution in [1.82, 2.24) is 24.6 Å². The third-order valence-corrected chi connectivity index (χ3v) is 11.3. The van der Waals surface area contributed by atoms with Gasteiger partial charge in [-0.25, -0.2) is 14.6 Å². The SMILES string of the molecule is CO/N=C(/C(=O)N[C@@H]1C(=O)N2C(C(=O)O)=C(Sc3nc(C[n+]4cccc5c4CCC5)c(C(=O)O)s3)CSC12)c1nsc(N)n1. The van der Waals surface area contributed by atoms with Gasteiger partial charge in [-0.2, -0.15) is 13.9 Å². The highest BCUT2D eigenvalue weighted by molar-refractivity contribution is 8.07. The van der Waals surface area contributed by atoms with E-state index >= 15 is 0 Å². The molecule has 44 heavy (non-hydrogen) atoms. The van der Waals surface area contributed by atoms with Crippen molar-refractivity contribution in [3.05, 3.63) is 56.6 Å². The fourth-order valence-corrected chi connectivity index (χ4v) is 9.24. The molecule has 1 fully saturated rings. The van der Waals surface area contributed by atoms with Gasteiger partial charge in [0.2, 0.25) is 11.5 Å². The minimum atomic E-state index is -1.33. The molecule has 1 saturated heterocycles. The van der Waals surface area contributed by atoms with Crippen molar-refractivity contribution in [3.8, 4) is 0 Å². The molecular formula is C25H23N8O7S4+. The molecule has 0 spiro atoms. The van der Waals surface area contributed by atoms with E-state index < -0.39 is 35.2 Å². The smallest absolute Gasteiger partial charge is 0.353 e. The van der Waals surface area contributed by atoms with Gasteiger partial charge in [-0.1, -0.05) is 28.3 Å². The Kier molecular flexibility index (Phi) is 8.27. The number of hydrogen-bond acceptors (Lipinski definition) is 14. The van der Waals surface area contributed by atoms with Crippen molar-refractivity contribution >= 4 is 81.0 Å². The number of nitrogens with zero attached hydrogens (tertiary/aromatic N) is 6. The molecule has 0 saturated carbocycles. The molecule has 3 aromatic heterocycles. The monoisotopic (exact) mass is 675 g/mol. The summed E-state index contributed by atoms with van der Waals surface area (Å²) >= 11 is 4.10. The number of amides is 2. The van der Waals surface area contributed by atoms with Gasteiger partial charge in [0, 0.05) is 40.2 Å². The maximum atomic E-state index is 13.2. The normalized spacial score (nSPS) is 19.3. The van der Waals surface area contributed by atoms with E-state index in [4.69, 9.17) is 10.6 Å². The first-order valence-electron chi connectivity index (χ1n) is 13.0. The third-order valence-electron chi connectivity index (χ3n) is 7.02. The van der Waals surface area contributed by atoms with Crippen LogP contribution in [-0.4, -0.2) is 83.2 Å². The lowest BCUT2D eigenvalue weighted by Gasteiger charge is -2.49. The number of carboxylic acid groups (broad SMARTS) is 2. The maximum absolute atomic E-state index is 13.2. The largest absolute Gasteiger partial charge is 0.477 e. The topological polar surface area (TPSA) is 214 Å². The second-order valence-electron chi connectivity index (χ2n) is 9.64. The number of nitrogen functional groups attached to an aromatic ring is 1. The van der Waals surface area contributed by atoms with E-state index in [-0.39, 0.29) is 39.5 Å². The second kappa shape index (κ2) is 12.1. The lowest BCUT2D eigenvalue weighted by Crippen LogP contribution is -2.71. The summed E-state index contributed by atoms with van der Waals surface area (Å²) in [5.41, 5.74) is 7.85. The number of aliphatic carboxylic acids is 1. The van der Waals surface area contributed by atoms with Crippen molar-refractivity contribution in [3.63, 3.8) is 0 Å². The number of carbonyl (C=O) groups is 4. The molecule has 3 aliphatic rings. The fourth-order valence-electron chi connectivity index (χ4n) is 5.16. The number of fused-ring (bicyclic) bond motifs is 2.